The normalized spacial score (nSPS) is 10.3. The lowest BCUT2D eigenvalue weighted by molar-refractivity contribution is 0.111. The van der Waals surface area contributed by atoms with Gasteiger partial charge in [-0.15, -0.1) is 0 Å². The molecule has 0 spiro atoms. The summed E-state index contributed by atoms with van der Waals surface area (Å²) < 4.78 is 13.8. The molecule has 92 valence electrons. The van der Waals surface area contributed by atoms with Crippen molar-refractivity contribution in [3.63, 3.8) is 0 Å². The molecule has 0 saturated carbocycles. The van der Waals surface area contributed by atoms with E-state index >= 15 is 0 Å². The Hall–Kier alpha value is -2.21. The standard InChI is InChI=1S/C11H6ClFN2O3/c12-7-3-6(1-2-8(7)13)15-11(18)4-10(17)9(5-16)14-15/h1-5,17H. The first-order valence-electron chi connectivity index (χ1n) is 4.77. The van der Waals surface area contributed by atoms with E-state index in [-0.39, 0.29) is 16.4 Å². The molecule has 1 N–H and O–H groups in total. The van der Waals surface area contributed by atoms with E-state index in [0.29, 0.717) is 6.29 Å². The zero-order valence-corrected chi connectivity index (χ0v) is 9.56. The van der Waals surface area contributed by atoms with E-state index in [4.69, 9.17) is 11.6 Å². The van der Waals surface area contributed by atoms with Crippen molar-refractivity contribution in [2.75, 3.05) is 0 Å². The van der Waals surface area contributed by atoms with Gasteiger partial charge in [-0.3, -0.25) is 9.59 Å². The molecular weight excluding hydrogens is 263 g/mol. The van der Waals surface area contributed by atoms with Crippen LogP contribution in [0.1, 0.15) is 10.5 Å². The number of aldehydes is 1. The number of aromatic hydroxyl groups is 1. The van der Waals surface area contributed by atoms with Gasteiger partial charge in [-0.2, -0.15) is 9.78 Å². The van der Waals surface area contributed by atoms with E-state index in [9.17, 15) is 19.1 Å². The fraction of sp³-hybridized carbons (Fsp3) is 0. The summed E-state index contributed by atoms with van der Waals surface area (Å²) in [4.78, 5) is 22.2. The first-order chi connectivity index (χ1) is 8.52. The van der Waals surface area contributed by atoms with Crippen LogP contribution in [-0.2, 0) is 0 Å². The second-order valence-electron chi connectivity index (χ2n) is 3.38. The summed E-state index contributed by atoms with van der Waals surface area (Å²) >= 11 is 5.58. The predicted octanol–water partition coefficient (Wildman–Crippen LogP) is 1.54. The number of benzene rings is 1. The largest absolute Gasteiger partial charge is 0.505 e. The fourth-order valence-corrected chi connectivity index (χ4v) is 1.52. The summed E-state index contributed by atoms with van der Waals surface area (Å²) in [6.45, 7) is 0. The Labute approximate surface area is 105 Å². The molecule has 0 aliphatic heterocycles. The third-order valence-electron chi connectivity index (χ3n) is 2.20. The van der Waals surface area contributed by atoms with Crippen molar-refractivity contribution >= 4 is 17.9 Å². The van der Waals surface area contributed by atoms with Crippen LogP contribution in [0.5, 0.6) is 5.75 Å². The predicted molar refractivity (Wildman–Crippen MR) is 61.9 cm³/mol. The minimum absolute atomic E-state index is 0.179. The van der Waals surface area contributed by atoms with Gasteiger partial charge in [-0.1, -0.05) is 11.6 Å². The molecule has 1 heterocycles. The molecule has 0 amide bonds. The Kier molecular flexibility index (Phi) is 3.12. The van der Waals surface area contributed by atoms with Crippen molar-refractivity contribution < 1.29 is 14.3 Å². The molecule has 0 aliphatic rings. The van der Waals surface area contributed by atoms with Crippen molar-refractivity contribution in [1.29, 1.82) is 0 Å². The lowest BCUT2D eigenvalue weighted by Gasteiger charge is -2.06. The van der Waals surface area contributed by atoms with Gasteiger partial charge in [0.05, 0.1) is 10.7 Å². The highest BCUT2D eigenvalue weighted by Crippen LogP contribution is 2.18. The van der Waals surface area contributed by atoms with Crippen LogP contribution in [0.2, 0.25) is 5.02 Å². The number of hydrogen-bond acceptors (Lipinski definition) is 4. The molecule has 0 atom stereocenters. The van der Waals surface area contributed by atoms with Crippen molar-refractivity contribution in [2.24, 2.45) is 0 Å². The van der Waals surface area contributed by atoms with Crippen molar-refractivity contribution in [2.45, 2.75) is 0 Å². The second kappa shape index (κ2) is 4.58. The quantitative estimate of drug-likeness (QED) is 0.839. The van der Waals surface area contributed by atoms with Crippen molar-refractivity contribution in [1.82, 2.24) is 9.78 Å². The Morgan fingerprint density at radius 2 is 2.11 bits per heavy atom. The van der Waals surface area contributed by atoms with Gasteiger partial charge in [0.15, 0.2) is 17.7 Å². The Morgan fingerprint density at radius 3 is 2.72 bits per heavy atom. The molecule has 0 fully saturated rings. The molecule has 0 saturated heterocycles. The molecule has 2 aromatic rings. The summed E-state index contributed by atoms with van der Waals surface area (Å²) in [5.74, 6) is -1.15. The minimum atomic E-state index is -0.666. The lowest BCUT2D eigenvalue weighted by Crippen LogP contribution is -2.21. The number of nitrogens with zero attached hydrogens (tertiary/aromatic N) is 2. The maximum atomic E-state index is 13.0. The monoisotopic (exact) mass is 268 g/mol. The zero-order chi connectivity index (χ0) is 13.3. The van der Waals surface area contributed by atoms with Crippen LogP contribution in [0.4, 0.5) is 4.39 Å². The van der Waals surface area contributed by atoms with E-state index in [1.807, 2.05) is 0 Å². The number of halogens is 2. The molecule has 18 heavy (non-hydrogen) atoms. The van der Waals surface area contributed by atoms with E-state index in [2.05, 4.69) is 5.10 Å². The summed E-state index contributed by atoms with van der Waals surface area (Å²) in [6.07, 6.45) is 0.302. The third kappa shape index (κ3) is 2.10. The highest BCUT2D eigenvalue weighted by Gasteiger charge is 2.10. The highest BCUT2D eigenvalue weighted by atomic mass is 35.5. The summed E-state index contributed by atoms with van der Waals surface area (Å²) in [6, 6.07) is 4.38. The first kappa shape index (κ1) is 12.3. The van der Waals surface area contributed by atoms with Gasteiger partial charge >= 0.3 is 0 Å². The van der Waals surface area contributed by atoms with Crippen LogP contribution >= 0.6 is 11.6 Å². The molecular formula is C11H6ClFN2O3. The maximum absolute atomic E-state index is 13.0. The second-order valence-corrected chi connectivity index (χ2v) is 3.79. The molecule has 5 nitrogen and oxygen atoms in total. The van der Waals surface area contributed by atoms with Gasteiger partial charge in [-0.05, 0) is 18.2 Å². The molecule has 1 aromatic heterocycles. The smallest absolute Gasteiger partial charge is 0.275 e. The number of carbonyl (C=O) groups is 1. The van der Waals surface area contributed by atoms with Gasteiger partial charge in [-0.25, -0.2) is 4.39 Å². The third-order valence-corrected chi connectivity index (χ3v) is 2.49. The van der Waals surface area contributed by atoms with Crippen LogP contribution in [-0.4, -0.2) is 21.2 Å². The van der Waals surface area contributed by atoms with Gasteiger partial charge in [0.25, 0.3) is 5.56 Å². The zero-order valence-electron chi connectivity index (χ0n) is 8.80. The number of carbonyl (C=O) groups excluding carboxylic acids is 1. The number of aromatic nitrogens is 2. The Bertz CT molecular complexity index is 684. The molecule has 0 aliphatic carbocycles. The molecule has 0 radical (unpaired) electrons. The topological polar surface area (TPSA) is 72.2 Å². The number of rotatable bonds is 2. The van der Waals surface area contributed by atoms with Crippen LogP contribution in [0.15, 0.2) is 29.1 Å². The van der Waals surface area contributed by atoms with Crippen molar-refractivity contribution in [3.05, 3.63) is 51.2 Å². The van der Waals surface area contributed by atoms with E-state index in [1.54, 1.807) is 0 Å². The summed E-state index contributed by atoms with van der Waals surface area (Å²) in [5, 5.41) is 12.7. The Balaban J connectivity index is 2.67. The summed E-state index contributed by atoms with van der Waals surface area (Å²) in [5.41, 5.74) is -0.773. The summed E-state index contributed by atoms with van der Waals surface area (Å²) in [7, 11) is 0. The van der Waals surface area contributed by atoms with Crippen LogP contribution in [0.3, 0.4) is 0 Å². The molecule has 0 bridgehead atoms. The fourth-order valence-electron chi connectivity index (χ4n) is 1.35. The average molecular weight is 269 g/mol. The molecule has 1 aromatic carbocycles. The van der Waals surface area contributed by atoms with E-state index in [1.165, 1.54) is 12.1 Å². The van der Waals surface area contributed by atoms with E-state index in [0.717, 1.165) is 16.8 Å². The SMILES string of the molecule is O=Cc1nn(-c2ccc(F)c(Cl)c2)c(=O)cc1O. The van der Waals surface area contributed by atoms with E-state index < -0.39 is 17.1 Å². The molecule has 2 rings (SSSR count). The Morgan fingerprint density at radius 1 is 1.39 bits per heavy atom. The van der Waals surface area contributed by atoms with Gasteiger partial charge in [0, 0.05) is 6.07 Å². The molecule has 0 unspecified atom stereocenters. The van der Waals surface area contributed by atoms with Crippen LogP contribution in [0.25, 0.3) is 5.69 Å². The van der Waals surface area contributed by atoms with Gasteiger partial charge in [0.2, 0.25) is 0 Å². The highest BCUT2D eigenvalue weighted by molar-refractivity contribution is 6.30. The van der Waals surface area contributed by atoms with Crippen molar-refractivity contribution in [3.8, 4) is 11.4 Å². The van der Waals surface area contributed by atoms with Gasteiger partial charge in [0.1, 0.15) is 5.82 Å². The lowest BCUT2D eigenvalue weighted by atomic mass is 10.3. The average Bonchev–Trinajstić information content (AvgIpc) is 2.33. The minimum Gasteiger partial charge on any atom is -0.505 e. The first-order valence-corrected chi connectivity index (χ1v) is 5.14. The maximum Gasteiger partial charge on any atom is 0.275 e. The molecule has 7 heteroatoms. The van der Waals surface area contributed by atoms with Gasteiger partial charge < -0.3 is 5.11 Å². The van der Waals surface area contributed by atoms with Crippen LogP contribution < -0.4 is 5.56 Å². The van der Waals surface area contributed by atoms with Crippen LogP contribution in [0, 0.1) is 5.82 Å². The number of hydrogen-bond donors (Lipinski definition) is 1.